The summed E-state index contributed by atoms with van der Waals surface area (Å²) in [5.41, 5.74) is 1.89. The van der Waals surface area contributed by atoms with Gasteiger partial charge in [-0.15, -0.1) is 0 Å². The first-order valence-electron chi connectivity index (χ1n) is 8.94. The molecule has 2 aromatic carbocycles. The van der Waals surface area contributed by atoms with Crippen LogP contribution in [-0.2, 0) is 21.4 Å². The third kappa shape index (κ3) is 5.13. The number of hydrogen-bond acceptors (Lipinski definition) is 4. The SMILES string of the molecule is Cc1nccn1-c1ccccc1CNC(=O)CN(c1cc(Cl)ccc1Cl)S(C)(=O)=O. The van der Waals surface area contributed by atoms with Crippen molar-refractivity contribution in [1.29, 1.82) is 0 Å². The second-order valence-corrected chi connectivity index (χ2v) is 9.37. The molecule has 0 spiro atoms. The lowest BCUT2D eigenvalue weighted by molar-refractivity contribution is -0.119. The highest BCUT2D eigenvalue weighted by Gasteiger charge is 2.23. The number of sulfonamides is 1. The van der Waals surface area contributed by atoms with Gasteiger partial charge in [-0.05, 0) is 36.8 Å². The highest BCUT2D eigenvalue weighted by Crippen LogP contribution is 2.30. The number of para-hydroxylation sites is 1. The van der Waals surface area contributed by atoms with Crippen LogP contribution >= 0.6 is 23.2 Å². The Bertz CT molecular complexity index is 1180. The van der Waals surface area contributed by atoms with Crippen molar-refractivity contribution in [2.75, 3.05) is 17.1 Å². The smallest absolute Gasteiger partial charge is 0.241 e. The van der Waals surface area contributed by atoms with Gasteiger partial charge in [0.1, 0.15) is 12.4 Å². The molecule has 0 aliphatic carbocycles. The van der Waals surface area contributed by atoms with Crippen molar-refractivity contribution < 1.29 is 13.2 Å². The number of amides is 1. The number of anilines is 1. The summed E-state index contributed by atoms with van der Waals surface area (Å²) in [7, 11) is -3.77. The van der Waals surface area contributed by atoms with E-state index in [0.717, 1.165) is 27.6 Å². The summed E-state index contributed by atoms with van der Waals surface area (Å²) >= 11 is 12.1. The molecule has 1 amide bonds. The lowest BCUT2D eigenvalue weighted by Gasteiger charge is -2.23. The lowest BCUT2D eigenvalue weighted by Crippen LogP contribution is -2.40. The number of nitrogens with zero attached hydrogens (tertiary/aromatic N) is 3. The van der Waals surface area contributed by atoms with E-state index in [2.05, 4.69) is 10.3 Å². The fourth-order valence-electron chi connectivity index (χ4n) is 2.97. The van der Waals surface area contributed by atoms with Crippen molar-refractivity contribution in [2.45, 2.75) is 13.5 Å². The molecule has 0 aliphatic heterocycles. The molecule has 0 aliphatic rings. The molecule has 1 N–H and O–H groups in total. The summed E-state index contributed by atoms with van der Waals surface area (Å²) in [6, 6.07) is 12.0. The molecule has 0 radical (unpaired) electrons. The van der Waals surface area contributed by atoms with Gasteiger partial charge in [0.25, 0.3) is 0 Å². The monoisotopic (exact) mass is 466 g/mol. The Hall–Kier alpha value is -2.55. The van der Waals surface area contributed by atoms with Crippen LogP contribution in [0.2, 0.25) is 10.0 Å². The standard InChI is InChI=1S/C20H20Cl2N4O3S/c1-14-23-9-10-25(14)18-6-4-3-5-15(18)12-24-20(27)13-26(30(2,28)29)19-11-16(21)7-8-17(19)22/h3-11H,12-13H2,1-2H3,(H,24,27). The average Bonchev–Trinajstić information content (AvgIpc) is 3.11. The first-order valence-corrected chi connectivity index (χ1v) is 11.5. The molecule has 158 valence electrons. The van der Waals surface area contributed by atoms with Gasteiger partial charge in [0.05, 0.1) is 22.7 Å². The minimum atomic E-state index is -3.77. The van der Waals surface area contributed by atoms with Crippen molar-refractivity contribution in [3.05, 3.63) is 76.3 Å². The molecule has 0 fully saturated rings. The summed E-state index contributed by atoms with van der Waals surface area (Å²) in [6.07, 6.45) is 4.54. The average molecular weight is 467 g/mol. The maximum Gasteiger partial charge on any atom is 0.241 e. The Balaban J connectivity index is 1.78. The summed E-state index contributed by atoms with van der Waals surface area (Å²) in [4.78, 5) is 16.8. The molecule has 0 saturated carbocycles. The van der Waals surface area contributed by atoms with Crippen molar-refractivity contribution >= 4 is 44.8 Å². The van der Waals surface area contributed by atoms with Gasteiger partial charge in [0, 0.05) is 24.0 Å². The molecule has 0 saturated heterocycles. The number of hydrogen-bond donors (Lipinski definition) is 1. The van der Waals surface area contributed by atoms with E-state index in [1.165, 1.54) is 12.1 Å². The van der Waals surface area contributed by atoms with Crippen molar-refractivity contribution in [3.8, 4) is 5.69 Å². The molecule has 0 atom stereocenters. The predicted molar refractivity (Wildman–Crippen MR) is 119 cm³/mol. The van der Waals surface area contributed by atoms with Crippen molar-refractivity contribution in [2.24, 2.45) is 0 Å². The number of benzene rings is 2. The first kappa shape index (κ1) is 22.1. The van der Waals surface area contributed by atoms with Crippen molar-refractivity contribution in [1.82, 2.24) is 14.9 Å². The number of halogens is 2. The van der Waals surface area contributed by atoms with E-state index in [4.69, 9.17) is 23.2 Å². The van der Waals surface area contributed by atoms with Crippen molar-refractivity contribution in [3.63, 3.8) is 0 Å². The Morgan fingerprint density at radius 3 is 2.60 bits per heavy atom. The van der Waals surface area contributed by atoms with Gasteiger partial charge in [-0.2, -0.15) is 0 Å². The Morgan fingerprint density at radius 2 is 1.93 bits per heavy atom. The zero-order chi connectivity index (χ0) is 21.9. The number of carbonyl (C=O) groups is 1. The first-order chi connectivity index (χ1) is 14.2. The molecule has 0 bridgehead atoms. The maximum absolute atomic E-state index is 12.6. The van der Waals surface area contributed by atoms with E-state index in [1.54, 1.807) is 12.3 Å². The van der Waals surface area contributed by atoms with Crippen LogP contribution in [0.15, 0.2) is 54.9 Å². The van der Waals surface area contributed by atoms with Crippen LogP contribution in [0.3, 0.4) is 0 Å². The molecule has 30 heavy (non-hydrogen) atoms. The van der Waals surface area contributed by atoms with Crippen LogP contribution in [0, 0.1) is 6.92 Å². The predicted octanol–water partition coefficient (Wildman–Crippen LogP) is 3.57. The Kier molecular flexibility index (Phi) is 6.70. The summed E-state index contributed by atoms with van der Waals surface area (Å²) < 4.78 is 27.4. The van der Waals surface area contributed by atoms with Gasteiger partial charge in [0.15, 0.2) is 0 Å². The maximum atomic E-state index is 12.6. The molecule has 3 rings (SSSR count). The van der Waals surface area contributed by atoms with Gasteiger partial charge >= 0.3 is 0 Å². The normalized spacial score (nSPS) is 11.3. The van der Waals surface area contributed by atoms with Crippen LogP contribution in [0.4, 0.5) is 5.69 Å². The number of imidazole rings is 1. The van der Waals surface area contributed by atoms with Gasteiger partial charge in [0.2, 0.25) is 15.9 Å². The Labute approximate surface area is 185 Å². The van der Waals surface area contributed by atoms with Crippen LogP contribution < -0.4 is 9.62 Å². The van der Waals surface area contributed by atoms with Gasteiger partial charge in [-0.3, -0.25) is 9.10 Å². The molecule has 7 nitrogen and oxygen atoms in total. The van der Waals surface area contributed by atoms with E-state index in [0.29, 0.717) is 5.02 Å². The zero-order valence-corrected chi connectivity index (χ0v) is 18.7. The second-order valence-electron chi connectivity index (χ2n) is 6.62. The summed E-state index contributed by atoms with van der Waals surface area (Å²) in [6.45, 7) is 1.67. The largest absolute Gasteiger partial charge is 0.350 e. The van der Waals surface area contributed by atoms with E-state index in [9.17, 15) is 13.2 Å². The quantitative estimate of drug-likeness (QED) is 0.576. The number of carbonyl (C=O) groups excluding carboxylic acids is 1. The van der Waals surface area contributed by atoms with Gasteiger partial charge < -0.3 is 9.88 Å². The molecule has 3 aromatic rings. The molecular formula is C20H20Cl2N4O3S. The fraction of sp³-hybridized carbons (Fsp3) is 0.200. The molecule has 1 heterocycles. The highest BCUT2D eigenvalue weighted by molar-refractivity contribution is 7.92. The van der Waals surface area contributed by atoms with E-state index >= 15 is 0 Å². The fourth-order valence-corrected chi connectivity index (χ4v) is 4.26. The van der Waals surface area contributed by atoms with Crippen LogP contribution in [0.5, 0.6) is 0 Å². The number of nitrogens with one attached hydrogen (secondary N) is 1. The summed E-state index contributed by atoms with van der Waals surface area (Å²) in [5.74, 6) is 0.334. The molecule has 10 heteroatoms. The van der Waals surface area contributed by atoms with Crippen LogP contribution in [0.1, 0.15) is 11.4 Å². The Morgan fingerprint density at radius 1 is 1.20 bits per heavy atom. The second kappa shape index (κ2) is 9.07. The van der Waals surface area contributed by atoms with E-state index in [1.807, 2.05) is 42.0 Å². The van der Waals surface area contributed by atoms with Crippen LogP contribution in [-0.4, -0.2) is 36.7 Å². The molecular weight excluding hydrogens is 447 g/mol. The third-order valence-corrected chi connectivity index (χ3v) is 6.10. The zero-order valence-electron chi connectivity index (χ0n) is 16.3. The number of aromatic nitrogens is 2. The molecule has 1 aromatic heterocycles. The van der Waals surface area contributed by atoms with Gasteiger partial charge in [-0.25, -0.2) is 13.4 Å². The third-order valence-electron chi connectivity index (χ3n) is 4.42. The van der Waals surface area contributed by atoms with Gasteiger partial charge in [-0.1, -0.05) is 41.4 Å². The minimum absolute atomic E-state index is 0.149. The molecule has 0 unspecified atom stereocenters. The lowest BCUT2D eigenvalue weighted by atomic mass is 10.1. The van der Waals surface area contributed by atoms with Crippen LogP contribution in [0.25, 0.3) is 5.69 Å². The minimum Gasteiger partial charge on any atom is -0.350 e. The van der Waals surface area contributed by atoms with E-state index < -0.39 is 22.5 Å². The summed E-state index contributed by atoms with van der Waals surface area (Å²) in [5, 5.41) is 3.26. The topological polar surface area (TPSA) is 84.3 Å². The number of rotatable bonds is 7. The highest BCUT2D eigenvalue weighted by atomic mass is 35.5. The van der Waals surface area contributed by atoms with E-state index in [-0.39, 0.29) is 17.3 Å². The number of aryl methyl sites for hydroxylation is 1.